The first-order valence-corrected chi connectivity index (χ1v) is 8.22. The van der Waals surface area contributed by atoms with Crippen LogP contribution in [-0.2, 0) is 4.79 Å². The Morgan fingerprint density at radius 2 is 1.90 bits per heavy atom. The largest absolute Gasteiger partial charge is 0.349 e. The molecule has 1 aliphatic rings. The van der Waals surface area contributed by atoms with Crippen LogP contribution in [0.25, 0.3) is 0 Å². The fourth-order valence-corrected chi connectivity index (χ4v) is 3.48. The number of amides is 1. The highest BCUT2D eigenvalue weighted by Gasteiger charge is 2.37. The van der Waals surface area contributed by atoms with E-state index in [2.05, 4.69) is 5.32 Å². The molecule has 2 rings (SSSR count). The number of nitrogens with two attached hydrogens (primary N) is 1. The van der Waals surface area contributed by atoms with Crippen LogP contribution in [0.2, 0.25) is 5.02 Å². The molecule has 3 N–H and O–H groups in total. The maximum Gasteiger partial charge on any atom is 0.227 e. The van der Waals surface area contributed by atoms with E-state index < -0.39 is 5.41 Å². The van der Waals surface area contributed by atoms with Gasteiger partial charge >= 0.3 is 0 Å². The lowest BCUT2D eigenvalue weighted by atomic mass is 9.79. The lowest BCUT2D eigenvalue weighted by Gasteiger charge is -2.31. The van der Waals surface area contributed by atoms with E-state index in [4.69, 9.17) is 17.3 Å². The van der Waals surface area contributed by atoms with Crippen LogP contribution >= 0.6 is 11.6 Å². The van der Waals surface area contributed by atoms with Gasteiger partial charge in [0, 0.05) is 11.6 Å². The Kier molecular flexibility index (Phi) is 5.65. The monoisotopic (exact) mass is 308 g/mol. The van der Waals surface area contributed by atoms with Crippen molar-refractivity contribution in [3.05, 3.63) is 34.9 Å². The standard InChI is InChI=1S/C17H25ClN2O/c1-13(14-8-4-5-9-15(14)18)20-16(21)17(12-19)10-6-2-3-7-11-17/h4-5,8-9,13H,2-3,6-7,10-12,19H2,1H3,(H,20,21)/t13-/m0/s1. The third-order valence-electron chi connectivity index (χ3n) is 4.65. The normalized spacial score (nSPS) is 19.6. The number of halogens is 1. The lowest BCUT2D eigenvalue weighted by Crippen LogP contribution is -2.46. The van der Waals surface area contributed by atoms with Gasteiger partial charge in [-0.05, 0) is 31.4 Å². The summed E-state index contributed by atoms with van der Waals surface area (Å²) < 4.78 is 0. The topological polar surface area (TPSA) is 55.1 Å². The molecule has 0 spiro atoms. The van der Waals surface area contributed by atoms with Crippen LogP contribution in [0.3, 0.4) is 0 Å². The van der Waals surface area contributed by atoms with Crippen LogP contribution in [0.15, 0.2) is 24.3 Å². The maximum atomic E-state index is 12.8. The number of rotatable bonds is 4. The van der Waals surface area contributed by atoms with Crippen LogP contribution in [0, 0.1) is 5.41 Å². The molecule has 0 saturated heterocycles. The Morgan fingerprint density at radius 3 is 2.48 bits per heavy atom. The average Bonchev–Trinajstić information content (AvgIpc) is 2.74. The molecule has 1 fully saturated rings. The number of benzene rings is 1. The Hall–Kier alpha value is -1.06. The lowest BCUT2D eigenvalue weighted by molar-refractivity contribution is -0.132. The summed E-state index contributed by atoms with van der Waals surface area (Å²) in [6.45, 7) is 2.40. The minimum Gasteiger partial charge on any atom is -0.349 e. The molecule has 3 nitrogen and oxygen atoms in total. The molecule has 0 heterocycles. The van der Waals surface area contributed by atoms with Gasteiger partial charge in [0.05, 0.1) is 11.5 Å². The van der Waals surface area contributed by atoms with Crippen molar-refractivity contribution >= 4 is 17.5 Å². The number of hydrogen-bond donors (Lipinski definition) is 2. The van der Waals surface area contributed by atoms with Crippen LogP contribution in [-0.4, -0.2) is 12.5 Å². The predicted molar refractivity (Wildman–Crippen MR) is 87.2 cm³/mol. The first-order chi connectivity index (χ1) is 10.1. The molecular weight excluding hydrogens is 284 g/mol. The second-order valence-corrected chi connectivity index (χ2v) is 6.52. The SMILES string of the molecule is C[C@H](NC(=O)C1(CN)CCCCCC1)c1ccccc1Cl. The highest BCUT2D eigenvalue weighted by molar-refractivity contribution is 6.31. The smallest absolute Gasteiger partial charge is 0.227 e. The van der Waals surface area contributed by atoms with Gasteiger partial charge in [-0.1, -0.05) is 55.5 Å². The van der Waals surface area contributed by atoms with Gasteiger partial charge in [0.25, 0.3) is 0 Å². The molecule has 0 unspecified atom stereocenters. The fraction of sp³-hybridized carbons (Fsp3) is 0.588. The average molecular weight is 309 g/mol. The number of carbonyl (C=O) groups is 1. The summed E-state index contributed by atoms with van der Waals surface area (Å²) >= 11 is 6.21. The van der Waals surface area contributed by atoms with Crippen molar-refractivity contribution in [1.29, 1.82) is 0 Å². The van der Waals surface area contributed by atoms with Crippen molar-refractivity contribution in [2.45, 2.75) is 51.5 Å². The van der Waals surface area contributed by atoms with Crippen LogP contribution < -0.4 is 11.1 Å². The Balaban J connectivity index is 2.10. The van der Waals surface area contributed by atoms with Gasteiger partial charge in [-0.25, -0.2) is 0 Å². The summed E-state index contributed by atoms with van der Waals surface area (Å²) in [6, 6.07) is 7.54. The van der Waals surface area contributed by atoms with Gasteiger partial charge < -0.3 is 11.1 Å². The predicted octanol–water partition coefficient (Wildman–Crippen LogP) is 3.82. The van der Waals surface area contributed by atoms with Crippen molar-refractivity contribution in [1.82, 2.24) is 5.32 Å². The van der Waals surface area contributed by atoms with E-state index >= 15 is 0 Å². The second kappa shape index (κ2) is 7.28. The Morgan fingerprint density at radius 1 is 1.29 bits per heavy atom. The van der Waals surface area contributed by atoms with Gasteiger partial charge in [-0.2, -0.15) is 0 Å². The van der Waals surface area contributed by atoms with Crippen LogP contribution in [0.1, 0.15) is 57.1 Å². The first-order valence-electron chi connectivity index (χ1n) is 7.84. The van der Waals surface area contributed by atoms with E-state index in [9.17, 15) is 4.79 Å². The summed E-state index contributed by atoms with van der Waals surface area (Å²) in [5, 5.41) is 3.81. The molecule has 0 bridgehead atoms. The number of hydrogen-bond acceptors (Lipinski definition) is 2. The van der Waals surface area contributed by atoms with E-state index in [0.717, 1.165) is 31.2 Å². The first kappa shape index (κ1) is 16.3. The highest BCUT2D eigenvalue weighted by atomic mass is 35.5. The molecule has 21 heavy (non-hydrogen) atoms. The van der Waals surface area contributed by atoms with E-state index in [1.54, 1.807) is 0 Å². The summed E-state index contributed by atoms with van der Waals surface area (Å²) in [5.41, 5.74) is 6.52. The summed E-state index contributed by atoms with van der Waals surface area (Å²) in [4.78, 5) is 12.8. The molecular formula is C17H25ClN2O. The van der Waals surface area contributed by atoms with Crippen molar-refractivity contribution < 1.29 is 4.79 Å². The molecule has 4 heteroatoms. The van der Waals surface area contributed by atoms with Gasteiger partial charge in [-0.15, -0.1) is 0 Å². The zero-order valence-electron chi connectivity index (χ0n) is 12.7. The fourth-order valence-electron chi connectivity index (χ4n) is 3.18. The molecule has 1 aromatic rings. The molecule has 0 radical (unpaired) electrons. The van der Waals surface area contributed by atoms with E-state index in [-0.39, 0.29) is 11.9 Å². The Bertz CT molecular complexity index is 481. The number of carbonyl (C=O) groups excluding carboxylic acids is 1. The van der Waals surface area contributed by atoms with E-state index in [1.807, 2.05) is 31.2 Å². The van der Waals surface area contributed by atoms with Gasteiger partial charge in [0.2, 0.25) is 5.91 Å². The van der Waals surface area contributed by atoms with Crippen molar-refractivity contribution in [3.63, 3.8) is 0 Å². The maximum absolute atomic E-state index is 12.8. The van der Waals surface area contributed by atoms with Crippen LogP contribution in [0.4, 0.5) is 0 Å². The third-order valence-corrected chi connectivity index (χ3v) is 5.00. The van der Waals surface area contributed by atoms with Crippen molar-refractivity contribution in [2.75, 3.05) is 6.54 Å². The molecule has 1 amide bonds. The molecule has 0 aromatic heterocycles. The molecule has 1 aliphatic carbocycles. The third kappa shape index (κ3) is 3.78. The number of nitrogens with one attached hydrogen (secondary N) is 1. The zero-order valence-corrected chi connectivity index (χ0v) is 13.5. The van der Waals surface area contributed by atoms with Crippen molar-refractivity contribution in [3.8, 4) is 0 Å². The van der Waals surface area contributed by atoms with Gasteiger partial charge in [0.1, 0.15) is 0 Å². The quantitative estimate of drug-likeness (QED) is 0.831. The summed E-state index contributed by atoms with van der Waals surface area (Å²) in [7, 11) is 0. The molecule has 0 aliphatic heterocycles. The van der Waals surface area contributed by atoms with Gasteiger partial charge in [-0.3, -0.25) is 4.79 Å². The summed E-state index contributed by atoms with van der Waals surface area (Å²) in [6.07, 6.45) is 6.37. The van der Waals surface area contributed by atoms with Crippen LogP contribution in [0.5, 0.6) is 0 Å². The van der Waals surface area contributed by atoms with Crippen molar-refractivity contribution in [2.24, 2.45) is 11.1 Å². The second-order valence-electron chi connectivity index (χ2n) is 6.12. The summed E-state index contributed by atoms with van der Waals surface area (Å²) in [5.74, 6) is 0.0827. The van der Waals surface area contributed by atoms with E-state index in [0.29, 0.717) is 11.6 Å². The minimum absolute atomic E-state index is 0.0827. The molecule has 1 saturated carbocycles. The molecule has 1 atom stereocenters. The van der Waals surface area contributed by atoms with Gasteiger partial charge in [0.15, 0.2) is 0 Å². The van der Waals surface area contributed by atoms with E-state index in [1.165, 1.54) is 12.8 Å². The highest BCUT2D eigenvalue weighted by Crippen LogP contribution is 2.35. The Labute approximate surface area is 132 Å². The zero-order chi connectivity index (χ0) is 15.3. The molecule has 116 valence electrons. The minimum atomic E-state index is -0.397. The molecule has 1 aromatic carbocycles.